The number of benzene rings is 2. The van der Waals surface area contributed by atoms with Crippen molar-refractivity contribution in [1.82, 2.24) is 5.32 Å². The number of nitrogens with one attached hydrogen (secondary N) is 1. The molecule has 0 amide bonds. The lowest BCUT2D eigenvalue weighted by Crippen LogP contribution is -2.18. The summed E-state index contributed by atoms with van der Waals surface area (Å²) in [4.78, 5) is 0. The van der Waals surface area contributed by atoms with E-state index in [0.717, 1.165) is 25.3 Å². The maximum Gasteiger partial charge on any atom is 0.122 e. The van der Waals surface area contributed by atoms with Crippen LogP contribution in [0.1, 0.15) is 34.7 Å². The summed E-state index contributed by atoms with van der Waals surface area (Å²) in [5.74, 6) is 1.07. The fraction of sp³-hybridized carbons (Fsp3) is 0.333. The van der Waals surface area contributed by atoms with E-state index in [1.54, 1.807) is 0 Å². The molecule has 4 rings (SSSR count). The highest BCUT2D eigenvalue weighted by Crippen LogP contribution is 2.31. The van der Waals surface area contributed by atoms with Crippen LogP contribution in [0.4, 0.5) is 0 Å². The van der Waals surface area contributed by atoms with Crippen LogP contribution in [0.5, 0.6) is 5.75 Å². The molecule has 0 bridgehead atoms. The molecule has 20 heavy (non-hydrogen) atoms. The summed E-state index contributed by atoms with van der Waals surface area (Å²) in [6, 6.07) is 15.9. The van der Waals surface area contributed by atoms with Crippen LogP contribution in [0.25, 0.3) is 0 Å². The van der Waals surface area contributed by atoms with Crippen molar-refractivity contribution in [2.24, 2.45) is 0 Å². The Labute approximate surface area is 119 Å². The molecule has 0 spiro atoms. The third-order valence-corrected chi connectivity index (χ3v) is 4.44. The zero-order chi connectivity index (χ0) is 13.4. The van der Waals surface area contributed by atoms with Gasteiger partial charge in [-0.15, -0.1) is 0 Å². The Kier molecular flexibility index (Phi) is 2.96. The van der Waals surface area contributed by atoms with Crippen LogP contribution < -0.4 is 10.1 Å². The molecule has 1 aliphatic carbocycles. The quantitative estimate of drug-likeness (QED) is 0.918. The molecule has 1 atom stereocenters. The van der Waals surface area contributed by atoms with Gasteiger partial charge in [0.05, 0.1) is 6.61 Å². The van der Waals surface area contributed by atoms with E-state index in [0.29, 0.717) is 6.04 Å². The summed E-state index contributed by atoms with van der Waals surface area (Å²) < 4.78 is 5.56. The maximum absolute atomic E-state index is 5.56. The monoisotopic (exact) mass is 265 g/mol. The predicted molar refractivity (Wildman–Crippen MR) is 80.0 cm³/mol. The maximum atomic E-state index is 5.56. The molecule has 1 N–H and O–H groups in total. The van der Waals surface area contributed by atoms with E-state index in [9.17, 15) is 0 Å². The average molecular weight is 265 g/mol. The highest BCUT2D eigenvalue weighted by atomic mass is 16.5. The standard InChI is InChI=1S/C18H19NO/c1-2-4-16-14(3-1)6-7-17(16)19-12-13-5-8-18-15(11-13)9-10-20-18/h1-5,8,11,17,19H,6-7,9-10,12H2. The first-order valence-electron chi connectivity index (χ1n) is 7.46. The summed E-state index contributed by atoms with van der Waals surface area (Å²) in [5, 5.41) is 3.70. The smallest absolute Gasteiger partial charge is 0.122 e. The lowest BCUT2D eigenvalue weighted by molar-refractivity contribution is 0.357. The molecule has 2 aliphatic rings. The average Bonchev–Trinajstić information content (AvgIpc) is 3.11. The van der Waals surface area contributed by atoms with E-state index < -0.39 is 0 Å². The number of fused-ring (bicyclic) bond motifs is 2. The second-order valence-electron chi connectivity index (χ2n) is 5.71. The first-order valence-corrected chi connectivity index (χ1v) is 7.46. The second kappa shape index (κ2) is 4.95. The Balaban J connectivity index is 1.46. The molecule has 0 fully saturated rings. The van der Waals surface area contributed by atoms with Crippen LogP contribution in [-0.2, 0) is 19.4 Å². The molecule has 2 heteroatoms. The van der Waals surface area contributed by atoms with Crippen LogP contribution in [0, 0.1) is 0 Å². The van der Waals surface area contributed by atoms with Gasteiger partial charge in [-0.05, 0) is 41.2 Å². The van der Waals surface area contributed by atoms with Crippen molar-refractivity contribution < 1.29 is 4.74 Å². The van der Waals surface area contributed by atoms with Gasteiger partial charge in [-0.3, -0.25) is 0 Å². The van der Waals surface area contributed by atoms with Gasteiger partial charge in [-0.2, -0.15) is 0 Å². The van der Waals surface area contributed by atoms with Crippen molar-refractivity contribution in [2.75, 3.05) is 6.61 Å². The first-order chi connectivity index (χ1) is 9.90. The van der Waals surface area contributed by atoms with E-state index in [-0.39, 0.29) is 0 Å². The molecular weight excluding hydrogens is 246 g/mol. The Morgan fingerprint density at radius 3 is 3.00 bits per heavy atom. The summed E-state index contributed by atoms with van der Waals surface area (Å²) in [7, 11) is 0. The third kappa shape index (κ3) is 2.10. The minimum atomic E-state index is 0.510. The fourth-order valence-electron chi connectivity index (χ4n) is 3.36. The SMILES string of the molecule is c1ccc2c(c1)CCC2NCc1ccc2c(c1)CCO2. The minimum absolute atomic E-state index is 0.510. The molecule has 102 valence electrons. The molecule has 2 aromatic carbocycles. The van der Waals surface area contributed by atoms with E-state index in [1.807, 2.05) is 0 Å². The largest absolute Gasteiger partial charge is 0.493 e. The predicted octanol–water partition coefficient (Wildman–Crippen LogP) is 3.40. The van der Waals surface area contributed by atoms with Crippen molar-refractivity contribution in [3.63, 3.8) is 0 Å². The lowest BCUT2D eigenvalue weighted by atomic mass is 10.1. The van der Waals surface area contributed by atoms with Gasteiger partial charge in [0.25, 0.3) is 0 Å². The van der Waals surface area contributed by atoms with Gasteiger partial charge in [-0.25, -0.2) is 0 Å². The number of hydrogen-bond donors (Lipinski definition) is 1. The number of aryl methyl sites for hydroxylation is 1. The zero-order valence-corrected chi connectivity index (χ0v) is 11.6. The van der Waals surface area contributed by atoms with Crippen molar-refractivity contribution in [3.8, 4) is 5.75 Å². The van der Waals surface area contributed by atoms with Crippen LogP contribution in [0.15, 0.2) is 42.5 Å². The summed E-state index contributed by atoms with van der Waals surface area (Å²) >= 11 is 0. The second-order valence-corrected chi connectivity index (χ2v) is 5.71. The van der Waals surface area contributed by atoms with Gasteiger partial charge in [0, 0.05) is 19.0 Å². The summed E-state index contributed by atoms with van der Waals surface area (Å²) in [6.45, 7) is 1.77. The number of rotatable bonds is 3. The summed E-state index contributed by atoms with van der Waals surface area (Å²) in [5.41, 5.74) is 5.71. The molecule has 1 unspecified atom stereocenters. The van der Waals surface area contributed by atoms with Gasteiger partial charge in [0.2, 0.25) is 0 Å². The van der Waals surface area contributed by atoms with E-state index in [2.05, 4.69) is 47.8 Å². The first kappa shape index (κ1) is 12.0. The van der Waals surface area contributed by atoms with Crippen LogP contribution >= 0.6 is 0 Å². The van der Waals surface area contributed by atoms with Gasteiger partial charge in [0.15, 0.2) is 0 Å². The zero-order valence-electron chi connectivity index (χ0n) is 11.6. The van der Waals surface area contributed by atoms with Crippen molar-refractivity contribution >= 4 is 0 Å². The van der Waals surface area contributed by atoms with E-state index in [1.165, 1.54) is 35.1 Å². The van der Waals surface area contributed by atoms with Crippen molar-refractivity contribution in [3.05, 3.63) is 64.7 Å². The molecule has 0 saturated carbocycles. The molecule has 0 saturated heterocycles. The summed E-state index contributed by atoms with van der Waals surface area (Å²) in [6.07, 6.45) is 3.47. The Morgan fingerprint density at radius 2 is 2.00 bits per heavy atom. The van der Waals surface area contributed by atoms with Gasteiger partial charge in [0.1, 0.15) is 5.75 Å². The highest BCUT2D eigenvalue weighted by Gasteiger charge is 2.21. The lowest BCUT2D eigenvalue weighted by Gasteiger charge is -2.14. The van der Waals surface area contributed by atoms with Gasteiger partial charge < -0.3 is 10.1 Å². The topological polar surface area (TPSA) is 21.3 Å². The number of hydrogen-bond acceptors (Lipinski definition) is 2. The van der Waals surface area contributed by atoms with Crippen LogP contribution in [0.3, 0.4) is 0 Å². The molecule has 1 aliphatic heterocycles. The molecule has 1 heterocycles. The van der Waals surface area contributed by atoms with E-state index in [4.69, 9.17) is 4.74 Å². The molecule has 0 radical (unpaired) electrons. The highest BCUT2D eigenvalue weighted by molar-refractivity contribution is 5.40. The van der Waals surface area contributed by atoms with Gasteiger partial charge >= 0.3 is 0 Å². The van der Waals surface area contributed by atoms with Crippen molar-refractivity contribution in [1.29, 1.82) is 0 Å². The Bertz CT molecular complexity index is 635. The van der Waals surface area contributed by atoms with Crippen LogP contribution in [-0.4, -0.2) is 6.61 Å². The number of ether oxygens (including phenoxy) is 1. The molecule has 2 nitrogen and oxygen atoms in total. The van der Waals surface area contributed by atoms with Crippen LogP contribution in [0.2, 0.25) is 0 Å². The van der Waals surface area contributed by atoms with E-state index >= 15 is 0 Å². The Morgan fingerprint density at radius 1 is 1.05 bits per heavy atom. The fourth-order valence-corrected chi connectivity index (χ4v) is 3.36. The molecule has 2 aromatic rings. The molecule has 0 aromatic heterocycles. The van der Waals surface area contributed by atoms with Crippen molar-refractivity contribution in [2.45, 2.75) is 31.8 Å². The Hall–Kier alpha value is -1.80. The van der Waals surface area contributed by atoms with Gasteiger partial charge in [-0.1, -0.05) is 36.4 Å². The third-order valence-electron chi connectivity index (χ3n) is 4.44. The minimum Gasteiger partial charge on any atom is -0.493 e. The normalized spacial score (nSPS) is 19.5. The molecular formula is C18H19NO.